The van der Waals surface area contributed by atoms with Gasteiger partial charge in [-0.15, -0.1) is 0 Å². The average molecular weight is 386 g/mol. The lowest BCUT2D eigenvalue weighted by atomic mass is 10.2. The molecule has 4 heterocycles. The number of anilines is 2. The minimum absolute atomic E-state index is 0.253. The molecule has 0 saturated heterocycles. The third-order valence-electron chi connectivity index (χ3n) is 4.42. The molecule has 0 atom stereocenters. The van der Waals surface area contributed by atoms with Gasteiger partial charge in [0.1, 0.15) is 18.0 Å². The number of fused-ring (bicyclic) bond motifs is 1. The summed E-state index contributed by atoms with van der Waals surface area (Å²) in [7, 11) is 0. The van der Waals surface area contributed by atoms with Crippen molar-refractivity contribution in [1.82, 2.24) is 34.5 Å². The lowest BCUT2D eigenvalue weighted by Crippen LogP contribution is -2.02. The molecule has 0 aliphatic carbocycles. The van der Waals surface area contributed by atoms with Crippen molar-refractivity contribution in [2.75, 3.05) is 5.32 Å². The summed E-state index contributed by atoms with van der Waals surface area (Å²) in [5.41, 5.74) is 1.94. The van der Waals surface area contributed by atoms with Gasteiger partial charge in [-0.1, -0.05) is 24.3 Å². The van der Waals surface area contributed by atoms with E-state index in [-0.39, 0.29) is 5.82 Å². The van der Waals surface area contributed by atoms with E-state index < -0.39 is 0 Å². The molecule has 0 unspecified atom stereocenters. The van der Waals surface area contributed by atoms with E-state index in [9.17, 15) is 4.39 Å². The Morgan fingerprint density at radius 1 is 0.931 bits per heavy atom. The van der Waals surface area contributed by atoms with Crippen LogP contribution < -0.4 is 5.32 Å². The van der Waals surface area contributed by atoms with E-state index >= 15 is 0 Å². The first kappa shape index (κ1) is 17.0. The predicted molar refractivity (Wildman–Crippen MR) is 105 cm³/mol. The van der Waals surface area contributed by atoms with Gasteiger partial charge in [0.15, 0.2) is 11.5 Å². The van der Waals surface area contributed by atoms with Gasteiger partial charge in [0.25, 0.3) is 0 Å². The lowest BCUT2D eigenvalue weighted by molar-refractivity contribution is 0.585. The standard InChI is InChI=1S/C20H15FN8/c21-17-6-2-1-5-14(17)11-28-12-15(9-25-28)27-19-16-10-26-29(20(16)24-13-23-19)18-7-3-4-8-22-18/h1-10,12-13H,11H2,(H,23,24,27). The van der Waals surface area contributed by atoms with E-state index in [0.29, 0.717) is 29.4 Å². The summed E-state index contributed by atoms with van der Waals surface area (Å²) in [5.74, 6) is 1.02. The first-order valence-electron chi connectivity index (χ1n) is 8.91. The van der Waals surface area contributed by atoms with Crippen LogP contribution in [-0.4, -0.2) is 34.5 Å². The Labute approximate surface area is 164 Å². The summed E-state index contributed by atoms with van der Waals surface area (Å²) in [6.07, 6.45) is 8.32. The van der Waals surface area contributed by atoms with E-state index in [1.807, 2.05) is 18.2 Å². The quantitative estimate of drug-likeness (QED) is 0.499. The molecular weight excluding hydrogens is 371 g/mol. The largest absolute Gasteiger partial charge is 0.337 e. The maximum absolute atomic E-state index is 13.9. The lowest BCUT2D eigenvalue weighted by Gasteiger charge is -2.05. The third kappa shape index (κ3) is 3.29. The molecule has 142 valence electrons. The van der Waals surface area contributed by atoms with Gasteiger partial charge in [-0.25, -0.2) is 19.3 Å². The number of benzene rings is 1. The van der Waals surface area contributed by atoms with Crippen LogP contribution in [0, 0.1) is 5.82 Å². The Morgan fingerprint density at radius 2 is 1.83 bits per heavy atom. The van der Waals surface area contributed by atoms with Crippen LogP contribution in [-0.2, 0) is 6.54 Å². The zero-order chi connectivity index (χ0) is 19.6. The topological polar surface area (TPSA) is 86.3 Å². The molecule has 0 aliphatic rings. The Morgan fingerprint density at radius 3 is 2.69 bits per heavy atom. The summed E-state index contributed by atoms with van der Waals surface area (Å²) in [4.78, 5) is 13.0. The van der Waals surface area contributed by atoms with Crippen molar-refractivity contribution in [3.05, 3.63) is 85.0 Å². The maximum atomic E-state index is 13.9. The molecule has 0 fully saturated rings. The highest BCUT2D eigenvalue weighted by Gasteiger charge is 2.12. The van der Waals surface area contributed by atoms with Crippen molar-refractivity contribution in [3.63, 3.8) is 0 Å². The van der Waals surface area contributed by atoms with Gasteiger partial charge in [0.05, 0.1) is 30.0 Å². The smallest absolute Gasteiger partial charge is 0.170 e. The number of nitrogens with zero attached hydrogens (tertiary/aromatic N) is 7. The van der Waals surface area contributed by atoms with Crippen LogP contribution in [0.2, 0.25) is 0 Å². The predicted octanol–water partition coefficient (Wildman–Crippen LogP) is 3.34. The molecule has 1 N–H and O–H groups in total. The van der Waals surface area contributed by atoms with Gasteiger partial charge in [0.2, 0.25) is 0 Å². The van der Waals surface area contributed by atoms with E-state index in [2.05, 4.69) is 30.5 Å². The van der Waals surface area contributed by atoms with Crippen molar-refractivity contribution >= 4 is 22.5 Å². The number of nitrogens with one attached hydrogen (secondary N) is 1. The molecule has 9 heteroatoms. The second kappa shape index (κ2) is 7.12. The van der Waals surface area contributed by atoms with Gasteiger partial charge in [-0.3, -0.25) is 4.68 Å². The van der Waals surface area contributed by atoms with E-state index in [1.54, 1.807) is 52.4 Å². The summed E-state index contributed by atoms with van der Waals surface area (Å²) >= 11 is 0. The van der Waals surface area contributed by atoms with Crippen LogP contribution in [0.3, 0.4) is 0 Å². The first-order valence-corrected chi connectivity index (χ1v) is 8.91. The molecular formula is C20H15FN8. The first-order chi connectivity index (χ1) is 14.3. The van der Waals surface area contributed by atoms with Crippen molar-refractivity contribution in [2.24, 2.45) is 0 Å². The van der Waals surface area contributed by atoms with Gasteiger partial charge < -0.3 is 5.32 Å². The van der Waals surface area contributed by atoms with Crippen LogP contribution >= 0.6 is 0 Å². The zero-order valence-corrected chi connectivity index (χ0v) is 15.1. The van der Waals surface area contributed by atoms with Crippen LogP contribution in [0.5, 0.6) is 0 Å². The van der Waals surface area contributed by atoms with Gasteiger partial charge in [0, 0.05) is 18.0 Å². The molecule has 0 spiro atoms. The molecule has 5 rings (SSSR count). The number of aromatic nitrogens is 7. The van der Waals surface area contributed by atoms with Crippen molar-refractivity contribution in [3.8, 4) is 5.82 Å². The fraction of sp³-hybridized carbons (Fsp3) is 0.0500. The Hall–Kier alpha value is -4.14. The molecule has 0 radical (unpaired) electrons. The fourth-order valence-electron chi connectivity index (χ4n) is 3.04. The van der Waals surface area contributed by atoms with Crippen molar-refractivity contribution < 1.29 is 4.39 Å². The third-order valence-corrected chi connectivity index (χ3v) is 4.42. The van der Waals surface area contributed by atoms with Crippen molar-refractivity contribution in [1.29, 1.82) is 0 Å². The zero-order valence-electron chi connectivity index (χ0n) is 15.1. The van der Waals surface area contributed by atoms with E-state index in [0.717, 1.165) is 11.1 Å². The summed E-state index contributed by atoms with van der Waals surface area (Å²) < 4.78 is 17.2. The maximum Gasteiger partial charge on any atom is 0.170 e. The highest BCUT2D eigenvalue weighted by molar-refractivity contribution is 5.88. The van der Waals surface area contributed by atoms with Crippen LogP contribution in [0.25, 0.3) is 16.9 Å². The SMILES string of the molecule is Fc1ccccc1Cn1cc(Nc2ncnc3c2cnn3-c2ccccn2)cn1. The van der Waals surface area contributed by atoms with Crippen LogP contribution in [0.15, 0.2) is 73.6 Å². The molecule has 0 aliphatic heterocycles. The number of pyridine rings is 1. The van der Waals surface area contributed by atoms with Gasteiger partial charge in [-0.2, -0.15) is 14.9 Å². The molecule has 0 amide bonds. The summed E-state index contributed by atoms with van der Waals surface area (Å²) in [5, 5.41) is 12.7. The highest BCUT2D eigenvalue weighted by atomic mass is 19.1. The van der Waals surface area contributed by atoms with E-state index in [4.69, 9.17) is 0 Å². The second-order valence-corrected chi connectivity index (χ2v) is 6.35. The average Bonchev–Trinajstić information content (AvgIpc) is 3.38. The molecule has 0 saturated carbocycles. The Bertz CT molecular complexity index is 1280. The van der Waals surface area contributed by atoms with Crippen LogP contribution in [0.1, 0.15) is 5.56 Å². The fourth-order valence-corrected chi connectivity index (χ4v) is 3.04. The molecule has 1 aromatic carbocycles. The van der Waals surface area contributed by atoms with E-state index in [1.165, 1.54) is 12.4 Å². The minimum Gasteiger partial charge on any atom is -0.337 e. The van der Waals surface area contributed by atoms with Crippen molar-refractivity contribution in [2.45, 2.75) is 6.54 Å². The van der Waals surface area contributed by atoms with Gasteiger partial charge in [-0.05, 0) is 18.2 Å². The second-order valence-electron chi connectivity index (χ2n) is 6.35. The summed E-state index contributed by atoms with van der Waals surface area (Å²) in [6.45, 7) is 0.338. The normalized spacial score (nSPS) is 11.1. The molecule has 0 bridgehead atoms. The number of hydrogen-bond acceptors (Lipinski definition) is 6. The minimum atomic E-state index is -0.253. The molecule has 5 aromatic rings. The van der Waals surface area contributed by atoms with Gasteiger partial charge >= 0.3 is 0 Å². The Balaban J connectivity index is 1.42. The number of rotatable bonds is 5. The monoisotopic (exact) mass is 386 g/mol. The summed E-state index contributed by atoms with van der Waals surface area (Å²) in [6, 6.07) is 12.2. The number of halogens is 1. The number of hydrogen-bond donors (Lipinski definition) is 1. The highest BCUT2D eigenvalue weighted by Crippen LogP contribution is 2.24. The molecule has 8 nitrogen and oxygen atoms in total. The molecule has 29 heavy (non-hydrogen) atoms. The molecule has 4 aromatic heterocycles. The van der Waals surface area contributed by atoms with Crippen LogP contribution in [0.4, 0.5) is 15.9 Å². The Kier molecular flexibility index (Phi) is 4.17.